The van der Waals surface area contributed by atoms with Gasteiger partial charge in [-0.1, -0.05) is 0 Å². The molecule has 4 heterocycles. The summed E-state index contributed by atoms with van der Waals surface area (Å²) in [5.41, 5.74) is 8.60. The Morgan fingerprint density at radius 1 is 1.07 bits per heavy atom. The number of carbonyl (C=O) groups excluding carboxylic acids is 1. The lowest BCUT2D eigenvalue weighted by atomic mass is 10.1. The second kappa shape index (κ2) is 11.4. The highest BCUT2D eigenvalue weighted by Gasteiger charge is 2.29. The minimum absolute atomic E-state index is 0.201. The summed E-state index contributed by atoms with van der Waals surface area (Å²) in [6.07, 6.45) is 2.16. The first kappa shape index (κ1) is 25.9. The Balaban J connectivity index is 1.09. The van der Waals surface area contributed by atoms with E-state index in [-0.39, 0.29) is 6.10 Å². The molecule has 1 aromatic heterocycles. The van der Waals surface area contributed by atoms with Crippen molar-refractivity contribution in [1.82, 2.24) is 19.8 Å². The molecule has 3 N–H and O–H groups in total. The van der Waals surface area contributed by atoms with E-state index in [4.69, 9.17) is 15.2 Å². The maximum absolute atomic E-state index is 11.4. The van der Waals surface area contributed by atoms with Gasteiger partial charge in [-0.15, -0.1) is 0 Å². The number of hydrogen-bond donors (Lipinski definition) is 2. The number of benzene rings is 2. The molecule has 11 nitrogen and oxygen atoms in total. The van der Waals surface area contributed by atoms with Crippen molar-refractivity contribution in [1.29, 1.82) is 5.26 Å². The molecule has 3 fully saturated rings. The molecule has 6 rings (SSSR count). The summed E-state index contributed by atoms with van der Waals surface area (Å²) in [7, 11) is 0. The number of nitrogens with zero attached hydrogens (tertiary/aromatic N) is 6. The molecule has 0 aliphatic carbocycles. The summed E-state index contributed by atoms with van der Waals surface area (Å²) in [6.45, 7) is 6.84. The van der Waals surface area contributed by atoms with E-state index in [9.17, 15) is 10.1 Å². The third-order valence-electron chi connectivity index (χ3n) is 7.72. The molecular formula is C29H32N8O3. The van der Waals surface area contributed by atoms with E-state index in [1.165, 1.54) is 10.6 Å². The normalized spacial score (nSPS) is 19.6. The van der Waals surface area contributed by atoms with Crippen molar-refractivity contribution in [3.8, 4) is 23.2 Å². The van der Waals surface area contributed by atoms with Gasteiger partial charge in [0, 0.05) is 62.3 Å². The van der Waals surface area contributed by atoms with Gasteiger partial charge in [-0.3, -0.25) is 4.90 Å². The monoisotopic (exact) mass is 540 g/mol. The van der Waals surface area contributed by atoms with E-state index < -0.39 is 6.03 Å². The zero-order chi connectivity index (χ0) is 27.5. The molecule has 11 heteroatoms. The van der Waals surface area contributed by atoms with Gasteiger partial charge in [0.15, 0.2) is 5.82 Å². The number of urea groups is 1. The number of rotatable bonds is 7. The number of piperazine rings is 1. The van der Waals surface area contributed by atoms with Crippen LogP contribution in [0.4, 0.5) is 22.0 Å². The van der Waals surface area contributed by atoms with Gasteiger partial charge >= 0.3 is 6.03 Å². The number of hydrogen-bond acceptors (Lipinski definition) is 9. The second-order valence-electron chi connectivity index (χ2n) is 10.3. The van der Waals surface area contributed by atoms with Gasteiger partial charge in [-0.25, -0.2) is 14.8 Å². The Kier molecular flexibility index (Phi) is 7.35. The Morgan fingerprint density at radius 3 is 2.55 bits per heavy atom. The summed E-state index contributed by atoms with van der Waals surface area (Å²) in [5.74, 6) is 1.63. The molecule has 3 saturated heterocycles. The molecule has 206 valence electrons. The quantitative estimate of drug-likeness (QED) is 0.464. The van der Waals surface area contributed by atoms with Crippen LogP contribution in [0.3, 0.4) is 0 Å². The Hall–Kier alpha value is -4.40. The van der Waals surface area contributed by atoms with Crippen LogP contribution in [-0.4, -0.2) is 90.4 Å². The van der Waals surface area contributed by atoms with Gasteiger partial charge in [-0.05, 0) is 48.5 Å². The average Bonchev–Trinajstić information content (AvgIpc) is 3.42. The molecule has 2 aromatic carbocycles. The summed E-state index contributed by atoms with van der Waals surface area (Å²) < 4.78 is 11.4. The van der Waals surface area contributed by atoms with E-state index in [0.29, 0.717) is 54.1 Å². The zero-order valence-electron chi connectivity index (χ0n) is 22.2. The summed E-state index contributed by atoms with van der Waals surface area (Å²) in [4.78, 5) is 27.0. The van der Waals surface area contributed by atoms with E-state index in [1.807, 2.05) is 12.1 Å². The smallest absolute Gasteiger partial charge is 0.314 e. The molecule has 1 atom stereocenters. The molecule has 0 radical (unpaired) electrons. The summed E-state index contributed by atoms with van der Waals surface area (Å²) in [5, 5.41) is 13.1. The first-order valence-corrected chi connectivity index (χ1v) is 13.6. The molecule has 3 aliphatic heterocycles. The lowest BCUT2D eigenvalue weighted by Crippen LogP contribution is -2.56. The molecule has 2 amide bonds. The van der Waals surface area contributed by atoms with Crippen molar-refractivity contribution in [2.24, 2.45) is 5.73 Å². The van der Waals surface area contributed by atoms with Crippen LogP contribution in [0.2, 0.25) is 0 Å². The van der Waals surface area contributed by atoms with Gasteiger partial charge in [0.25, 0.3) is 0 Å². The third-order valence-corrected chi connectivity index (χ3v) is 7.72. The maximum atomic E-state index is 11.4. The number of anilines is 3. The van der Waals surface area contributed by atoms with Crippen LogP contribution in [0, 0.1) is 11.3 Å². The Bertz CT molecular complexity index is 1400. The molecule has 0 saturated carbocycles. The number of amides is 2. The Labute approximate surface area is 233 Å². The fourth-order valence-electron chi connectivity index (χ4n) is 5.31. The molecule has 3 aromatic rings. The largest absolute Gasteiger partial charge is 0.487 e. The second-order valence-corrected chi connectivity index (χ2v) is 10.3. The van der Waals surface area contributed by atoms with Crippen LogP contribution in [0.25, 0.3) is 11.4 Å². The van der Waals surface area contributed by atoms with Crippen molar-refractivity contribution in [3.63, 3.8) is 0 Å². The minimum atomic E-state index is -0.461. The zero-order valence-corrected chi connectivity index (χ0v) is 22.2. The number of ether oxygens (including phenoxy) is 2. The van der Waals surface area contributed by atoms with Gasteiger partial charge in [0.05, 0.1) is 31.4 Å². The number of carbonyl (C=O) groups is 1. The van der Waals surface area contributed by atoms with Crippen LogP contribution in [0.1, 0.15) is 12.0 Å². The molecule has 0 unspecified atom stereocenters. The predicted octanol–water partition coefficient (Wildman–Crippen LogP) is 2.81. The highest BCUT2D eigenvalue weighted by molar-refractivity contribution is 5.72. The van der Waals surface area contributed by atoms with Gasteiger partial charge in [-0.2, -0.15) is 5.26 Å². The van der Waals surface area contributed by atoms with Crippen molar-refractivity contribution in [3.05, 3.63) is 60.3 Å². The predicted molar refractivity (Wildman–Crippen MR) is 150 cm³/mol. The molecule has 0 spiro atoms. The van der Waals surface area contributed by atoms with Crippen LogP contribution < -0.4 is 20.7 Å². The van der Waals surface area contributed by atoms with Crippen LogP contribution in [-0.2, 0) is 4.74 Å². The van der Waals surface area contributed by atoms with Crippen LogP contribution in [0.5, 0.6) is 5.75 Å². The van der Waals surface area contributed by atoms with E-state index in [0.717, 1.165) is 45.1 Å². The topological polar surface area (TPSA) is 133 Å². The fraction of sp³-hybridized carbons (Fsp3) is 0.379. The van der Waals surface area contributed by atoms with E-state index in [1.54, 1.807) is 18.3 Å². The first-order valence-electron chi connectivity index (χ1n) is 13.6. The molecule has 40 heavy (non-hydrogen) atoms. The number of nitriles is 1. The van der Waals surface area contributed by atoms with E-state index >= 15 is 0 Å². The first-order chi connectivity index (χ1) is 19.6. The lowest BCUT2D eigenvalue weighted by Gasteiger charge is -2.43. The van der Waals surface area contributed by atoms with E-state index in [2.05, 4.69) is 55.4 Å². The van der Waals surface area contributed by atoms with Crippen molar-refractivity contribution < 1.29 is 14.3 Å². The van der Waals surface area contributed by atoms with Crippen molar-refractivity contribution in [2.45, 2.75) is 18.6 Å². The summed E-state index contributed by atoms with van der Waals surface area (Å²) in [6, 6.07) is 17.9. The molecular weight excluding hydrogens is 508 g/mol. The van der Waals surface area contributed by atoms with Crippen LogP contribution >= 0.6 is 0 Å². The fourth-order valence-corrected chi connectivity index (χ4v) is 5.31. The average molecular weight is 541 g/mol. The maximum Gasteiger partial charge on any atom is 0.314 e. The van der Waals surface area contributed by atoms with Crippen molar-refractivity contribution >= 4 is 23.2 Å². The SMILES string of the molecule is N#Cc1cc(-c2nccc(Nc3ccc(N4CCN(C5COC5)CC4)cc3)n2)ccc1O[C@@H]1CCN(C(N)=O)C1. The summed E-state index contributed by atoms with van der Waals surface area (Å²) >= 11 is 0. The van der Waals surface area contributed by atoms with Gasteiger partial charge in [0.1, 0.15) is 23.7 Å². The lowest BCUT2D eigenvalue weighted by molar-refractivity contribution is -0.0660. The molecule has 0 bridgehead atoms. The number of nitrogens with one attached hydrogen (secondary N) is 1. The highest BCUT2D eigenvalue weighted by atomic mass is 16.5. The molecule has 3 aliphatic rings. The highest BCUT2D eigenvalue weighted by Crippen LogP contribution is 2.28. The number of primary amides is 1. The minimum Gasteiger partial charge on any atom is -0.487 e. The van der Waals surface area contributed by atoms with Crippen LogP contribution in [0.15, 0.2) is 54.7 Å². The number of aromatic nitrogens is 2. The van der Waals surface area contributed by atoms with Gasteiger partial charge in [0.2, 0.25) is 0 Å². The van der Waals surface area contributed by atoms with Crippen molar-refractivity contribution in [2.75, 3.05) is 62.7 Å². The number of nitrogens with two attached hydrogens (primary N) is 1. The number of likely N-dealkylation sites (tertiary alicyclic amines) is 1. The standard InChI is InChI=1S/C29H32N8O3/c30-16-21-15-20(1-6-26(21)40-25-8-10-37(17-25)29(31)38)28-32-9-7-27(34-28)33-22-2-4-23(5-3-22)35-11-13-36(14-12-35)24-18-39-19-24/h1-7,9,15,24-25H,8,10-14,17-19H2,(H2,31,38)(H,32,33,34)/t25-/m1/s1. The Morgan fingerprint density at radius 2 is 1.88 bits per heavy atom. The van der Waals surface area contributed by atoms with Gasteiger partial charge < -0.3 is 30.3 Å². The third kappa shape index (κ3) is 5.64.